The SMILES string of the molecule is CC(C)(Oc1ccccc1Cl)C(=O)N1CCC(c2nc(C(=O)N(CCC#N)Cc3ccco3)cs2)CC1. The first-order chi connectivity index (χ1) is 17.8. The second-order valence-corrected chi connectivity index (χ2v) is 10.7. The number of likely N-dealkylation sites (tertiary alicyclic amines) is 1. The van der Waals surface area contributed by atoms with Crippen LogP contribution in [0, 0.1) is 11.3 Å². The molecule has 1 saturated heterocycles. The Hall–Kier alpha value is -3.35. The number of para-hydroxylation sites is 1. The monoisotopic (exact) mass is 540 g/mol. The molecule has 2 aromatic heterocycles. The summed E-state index contributed by atoms with van der Waals surface area (Å²) in [4.78, 5) is 34.4. The van der Waals surface area contributed by atoms with E-state index < -0.39 is 5.60 Å². The molecule has 1 aliphatic heterocycles. The Morgan fingerprint density at radius 3 is 2.70 bits per heavy atom. The second-order valence-electron chi connectivity index (χ2n) is 9.39. The molecule has 194 valence electrons. The fourth-order valence-corrected chi connectivity index (χ4v) is 5.46. The highest BCUT2D eigenvalue weighted by atomic mass is 35.5. The van der Waals surface area contributed by atoms with E-state index >= 15 is 0 Å². The first-order valence-electron chi connectivity index (χ1n) is 12.2. The minimum absolute atomic E-state index is 0.0908. The number of carbonyl (C=O) groups excluding carboxylic acids is 2. The maximum atomic E-state index is 13.2. The Bertz CT molecular complexity index is 1260. The Balaban J connectivity index is 1.36. The third-order valence-corrected chi connectivity index (χ3v) is 7.62. The van der Waals surface area contributed by atoms with Gasteiger partial charge in [0.1, 0.15) is 17.2 Å². The van der Waals surface area contributed by atoms with Crippen molar-refractivity contribution in [2.45, 2.75) is 51.2 Å². The van der Waals surface area contributed by atoms with E-state index in [4.69, 9.17) is 26.0 Å². The molecule has 4 rings (SSSR count). The van der Waals surface area contributed by atoms with Crippen LogP contribution < -0.4 is 4.74 Å². The van der Waals surface area contributed by atoms with E-state index in [0.717, 1.165) is 17.8 Å². The summed E-state index contributed by atoms with van der Waals surface area (Å²) in [6, 6.07) is 12.8. The molecule has 1 fully saturated rings. The molecule has 0 aliphatic carbocycles. The topological polar surface area (TPSA) is 99.7 Å². The van der Waals surface area contributed by atoms with Crippen LogP contribution in [0.1, 0.15) is 60.3 Å². The molecule has 0 saturated carbocycles. The third kappa shape index (κ3) is 6.51. The molecule has 8 nitrogen and oxygen atoms in total. The van der Waals surface area contributed by atoms with Crippen molar-refractivity contribution in [3.8, 4) is 11.8 Å². The number of nitriles is 1. The van der Waals surface area contributed by atoms with Crippen molar-refractivity contribution in [1.29, 1.82) is 5.26 Å². The lowest BCUT2D eigenvalue weighted by Crippen LogP contribution is -2.51. The van der Waals surface area contributed by atoms with Crippen LogP contribution in [-0.4, -0.2) is 51.8 Å². The van der Waals surface area contributed by atoms with E-state index in [0.29, 0.717) is 41.9 Å². The van der Waals surface area contributed by atoms with Gasteiger partial charge in [0, 0.05) is 30.9 Å². The Kier molecular flexibility index (Phi) is 8.52. The summed E-state index contributed by atoms with van der Waals surface area (Å²) in [6.07, 6.45) is 3.29. The van der Waals surface area contributed by atoms with Crippen LogP contribution in [0.5, 0.6) is 5.75 Å². The largest absolute Gasteiger partial charge is 0.476 e. The zero-order valence-corrected chi connectivity index (χ0v) is 22.4. The summed E-state index contributed by atoms with van der Waals surface area (Å²) < 4.78 is 11.4. The number of hydrogen-bond acceptors (Lipinski definition) is 7. The van der Waals surface area contributed by atoms with Crippen LogP contribution in [-0.2, 0) is 11.3 Å². The van der Waals surface area contributed by atoms with Gasteiger partial charge in [-0.15, -0.1) is 11.3 Å². The van der Waals surface area contributed by atoms with E-state index in [2.05, 4.69) is 11.1 Å². The lowest BCUT2D eigenvalue weighted by atomic mass is 9.96. The van der Waals surface area contributed by atoms with Gasteiger partial charge in [-0.25, -0.2) is 4.98 Å². The molecular weight excluding hydrogens is 512 g/mol. The normalized spacial score (nSPS) is 14.3. The minimum atomic E-state index is -1.06. The van der Waals surface area contributed by atoms with Gasteiger partial charge in [-0.2, -0.15) is 5.26 Å². The molecular formula is C27H29ClN4O4S. The molecule has 0 atom stereocenters. The molecule has 37 heavy (non-hydrogen) atoms. The van der Waals surface area contributed by atoms with Crippen molar-refractivity contribution in [3.05, 3.63) is 69.5 Å². The fraction of sp³-hybridized carbons (Fsp3) is 0.407. The van der Waals surface area contributed by atoms with E-state index in [9.17, 15) is 9.59 Å². The molecule has 0 radical (unpaired) electrons. The smallest absolute Gasteiger partial charge is 0.273 e. The zero-order valence-electron chi connectivity index (χ0n) is 20.9. The quantitative estimate of drug-likeness (QED) is 0.355. The van der Waals surface area contributed by atoms with Crippen LogP contribution in [0.15, 0.2) is 52.5 Å². The zero-order chi connectivity index (χ0) is 26.4. The number of aromatic nitrogens is 1. The van der Waals surface area contributed by atoms with E-state index in [-0.39, 0.29) is 30.7 Å². The number of piperidine rings is 1. The Morgan fingerprint density at radius 1 is 1.27 bits per heavy atom. The molecule has 3 aromatic rings. The molecule has 0 bridgehead atoms. The summed E-state index contributed by atoms with van der Waals surface area (Å²) in [5.74, 6) is 0.987. The van der Waals surface area contributed by atoms with Crippen molar-refractivity contribution >= 4 is 34.8 Å². The van der Waals surface area contributed by atoms with Crippen molar-refractivity contribution in [1.82, 2.24) is 14.8 Å². The number of benzene rings is 1. The lowest BCUT2D eigenvalue weighted by molar-refractivity contribution is -0.146. The van der Waals surface area contributed by atoms with E-state index in [1.807, 2.05) is 17.0 Å². The molecule has 2 amide bonds. The van der Waals surface area contributed by atoms with E-state index in [1.54, 1.807) is 54.7 Å². The highest BCUT2D eigenvalue weighted by molar-refractivity contribution is 7.09. The van der Waals surface area contributed by atoms with Crippen molar-refractivity contribution in [3.63, 3.8) is 0 Å². The summed E-state index contributed by atoms with van der Waals surface area (Å²) in [7, 11) is 0. The predicted octanol–water partition coefficient (Wildman–Crippen LogP) is 5.51. The summed E-state index contributed by atoms with van der Waals surface area (Å²) in [5.41, 5.74) is -0.684. The number of carbonyl (C=O) groups is 2. The lowest BCUT2D eigenvalue weighted by Gasteiger charge is -2.36. The molecule has 0 spiro atoms. The number of rotatable bonds is 9. The molecule has 1 aromatic carbocycles. The number of furan rings is 1. The summed E-state index contributed by atoms with van der Waals surface area (Å²) in [5, 5.41) is 12.1. The standard InChI is InChI=1S/C27H29ClN4O4S/c1-27(2,36-23-9-4-3-8-21(23)28)26(34)31-14-10-19(11-15-31)24-30-22(18-37-24)25(33)32(13-6-12-29)17-20-7-5-16-35-20/h3-5,7-9,16,18-19H,6,10-11,13-15,17H2,1-2H3. The molecule has 3 heterocycles. The van der Waals surface area contributed by atoms with Gasteiger partial charge in [0.05, 0.1) is 35.3 Å². The van der Waals surface area contributed by atoms with Crippen molar-refractivity contribution in [2.24, 2.45) is 0 Å². The maximum absolute atomic E-state index is 13.2. The van der Waals surface area contributed by atoms with Gasteiger partial charge in [0.2, 0.25) is 0 Å². The third-order valence-electron chi connectivity index (χ3n) is 6.30. The molecule has 10 heteroatoms. The average molecular weight is 541 g/mol. The van der Waals surface area contributed by atoms with Gasteiger partial charge >= 0.3 is 0 Å². The van der Waals surface area contributed by atoms with Crippen LogP contribution >= 0.6 is 22.9 Å². The Morgan fingerprint density at radius 2 is 2.03 bits per heavy atom. The van der Waals surface area contributed by atoms with Gasteiger partial charge in [0.15, 0.2) is 5.60 Å². The summed E-state index contributed by atoms with van der Waals surface area (Å²) >= 11 is 7.67. The second kappa shape index (κ2) is 11.8. The number of thiazole rings is 1. The maximum Gasteiger partial charge on any atom is 0.273 e. The van der Waals surface area contributed by atoms with Crippen LogP contribution in [0.2, 0.25) is 5.02 Å². The van der Waals surface area contributed by atoms with Gasteiger partial charge in [-0.3, -0.25) is 9.59 Å². The van der Waals surface area contributed by atoms with Gasteiger partial charge < -0.3 is 19.0 Å². The number of amides is 2. The fourth-order valence-electron chi connectivity index (χ4n) is 4.32. The average Bonchev–Trinajstić information content (AvgIpc) is 3.60. The Labute approximate surface area is 225 Å². The minimum Gasteiger partial charge on any atom is -0.476 e. The first kappa shape index (κ1) is 26.7. The van der Waals surface area contributed by atoms with E-state index in [1.165, 1.54) is 11.3 Å². The molecule has 0 N–H and O–H groups in total. The highest BCUT2D eigenvalue weighted by Gasteiger charge is 2.37. The number of hydrogen-bond donors (Lipinski definition) is 0. The van der Waals surface area contributed by atoms with Crippen LogP contribution in [0.3, 0.4) is 0 Å². The molecule has 1 aliphatic rings. The highest BCUT2D eigenvalue weighted by Crippen LogP contribution is 2.33. The summed E-state index contributed by atoms with van der Waals surface area (Å²) in [6.45, 7) is 5.25. The van der Waals surface area contributed by atoms with Gasteiger partial charge in [-0.1, -0.05) is 23.7 Å². The van der Waals surface area contributed by atoms with Crippen molar-refractivity contribution < 1.29 is 18.7 Å². The van der Waals surface area contributed by atoms with Crippen LogP contribution in [0.4, 0.5) is 0 Å². The predicted molar refractivity (Wildman–Crippen MR) is 141 cm³/mol. The van der Waals surface area contributed by atoms with Gasteiger partial charge in [-0.05, 0) is 51.0 Å². The molecule has 0 unspecified atom stereocenters. The number of nitrogens with zero attached hydrogens (tertiary/aromatic N) is 4. The number of halogens is 1. The van der Waals surface area contributed by atoms with Crippen LogP contribution in [0.25, 0.3) is 0 Å². The van der Waals surface area contributed by atoms with Gasteiger partial charge in [0.25, 0.3) is 11.8 Å². The van der Waals surface area contributed by atoms with Crippen molar-refractivity contribution in [2.75, 3.05) is 19.6 Å². The number of ether oxygens (including phenoxy) is 1. The first-order valence-corrected chi connectivity index (χ1v) is 13.4.